The summed E-state index contributed by atoms with van der Waals surface area (Å²) in [5.41, 5.74) is 12.2. The molecule has 0 fully saturated rings. The number of nitrogens with zero attached hydrogens (tertiary/aromatic N) is 1. The Morgan fingerprint density at radius 3 is 1.85 bits per heavy atom. The molecule has 0 bridgehead atoms. The Kier molecular flexibility index (Phi) is 7.18. The molecule has 2 nitrogen and oxygen atoms in total. The zero-order chi connectivity index (χ0) is 34.4. The van der Waals surface area contributed by atoms with E-state index in [1.54, 1.807) is 0 Å². The molecule has 0 aliphatic carbocycles. The van der Waals surface area contributed by atoms with Gasteiger partial charge in [-0.2, -0.15) is 0 Å². The van der Waals surface area contributed by atoms with Gasteiger partial charge in [0, 0.05) is 16.8 Å². The smallest absolute Gasteiger partial charge is 0.137 e. The Labute approximate surface area is 302 Å². The highest BCUT2D eigenvalue weighted by Gasteiger charge is 2.20. The van der Waals surface area contributed by atoms with Crippen LogP contribution in [0.4, 0.5) is 17.1 Å². The average molecular weight is 664 g/mol. The topological polar surface area (TPSA) is 16.4 Å². The van der Waals surface area contributed by atoms with Crippen molar-refractivity contribution < 1.29 is 4.42 Å². The molecule has 0 saturated heterocycles. The highest BCUT2D eigenvalue weighted by molar-refractivity contribution is 6.13. The summed E-state index contributed by atoms with van der Waals surface area (Å²) < 4.78 is 6.39. The van der Waals surface area contributed by atoms with Gasteiger partial charge in [-0.1, -0.05) is 152 Å². The molecular weight excluding hydrogens is 631 g/mol. The monoisotopic (exact) mass is 663 g/mol. The van der Waals surface area contributed by atoms with Gasteiger partial charge in [-0.3, -0.25) is 0 Å². The number of furan rings is 1. The second-order valence-electron chi connectivity index (χ2n) is 13.3. The molecule has 1 heterocycles. The predicted octanol–water partition coefficient (Wildman–Crippen LogP) is 14.4. The number of hydrogen-bond donors (Lipinski definition) is 0. The first-order chi connectivity index (χ1) is 25.8. The molecule has 0 radical (unpaired) electrons. The Morgan fingerprint density at radius 2 is 0.981 bits per heavy atom. The molecule has 0 aliphatic rings. The first-order valence-corrected chi connectivity index (χ1v) is 17.8. The molecule has 10 rings (SSSR count). The van der Waals surface area contributed by atoms with Gasteiger partial charge in [-0.25, -0.2) is 0 Å². The van der Waals surface area contributed by atoms with Crippen LogP contribution in [0.5, 0.6) is 0 Å². The molecule has 10 aromatic rings. The van der Waals surface area contributed by atoms with E-state index in [4.69, 9.17) is 4.42 Å². The van der Waals surface area contributed by atoms with Gasteiger partial charge < -0.3 is 9.32 Å². The van der Waals surface area contributed by atoms with Gasteiger partial charge in [-0.05, 0) is 103 Å². The third-order valence-corrected chi connectivity index (χ3v) is 10.2. The Morgan fingerprint density at radius 1 is 0.346 bits per heavy atom. The van der Waals surface area contributed by atoms with Crippen LogP contribution >= 0.6 is 0 Å². The summed E-state index contributed by atoms with van der Waals surface area (Å²) in [5, 5.41) is 7.16. The summed E-state index contributed by atoms with van der Waals surface area (Å²) in [7, 11) is 0. The highest BCUT2D eigenvalue weighted by Crippen LogP contribution is 2.45. The maximum Gasteiger partial charge on any atom is 0.137 e. The summed E-state index contributed by atoms with van der Waals surface area (Å²) in [5.74, 6) is 0. The maximum atomic E-state index is 6.39. The van der Waals surface area contributed by atoms with Gasteiger partial charge in [0.05, 0.1) is 11.1 Å². The largest absolute Gasteiger partial charge is 0.456 e. The molecule has 0 amide bonds. The van der Waals surface area contributed by atoms with Crippen LogP contribution in [0.1, 0.15) is 0 Å². The van der Waals surface area contributed by atoms with E-state index in [2.05, 4.69) is 193 Å². The summed E-state index contributed by atoms with van der Waals surface area (Å²) in [6.07, 6.45) is 0. The lowest BCUT2D eigenvalue weighted by atomic mass is 9.90. The summed E-state index contributed by atoms with van der Waals surface area (Å²) >= 11 is 0. The van der Waals surface area contributed by atoms with Crippen LogP contribution in [0.3, 0.4) is 0 Å². The second-order valence-corrected chi connectivity index (χ2v) is 13.3. The standard InChI is InChI=1S/C50H33NO/c1-2-14-37(15-3-1)49-43-19-7-6-13-35(43)28-31-44(49)36-26-29-41(30-27-36)51(46-21-11-23-48-50(46)45-20-8-9-22-47(45)52-48)42-18-10-17-39(33-42)40-25-24-34-12-4-5-16-38(34)32-40/h1-33H. The van der Waals surface area contributed by atoms with Crippen molar-refractivity contribution in [2.75, 3.05) is 4.90 Å². The number of anilines is 3. The molecule has 0 N–H and O–H groups in total. The van der Waals surface area contributed by atoms with Gasteiger partial charge in [0.2, 0.25) is 0 Å². The van der Waals surface area contributed by atoms with Crippen molar-refractivity contribution in [3.8, 4) is 33.4 Å². The molecule has 244 valence electrons. The van der Waals surface area contributed by atoms with E-state index < -0.39 is 0 Å². The molecule has 0 spiro atoms. The number of para-hydroxylation sites is 1. The van der Waals surface area contributed by atoms with E-state index in [0.717, 1.165) is 44.6 Å². The fraction of sp³-hybridized carbons (Fsp3) is 0. The minimum atomic E-state index is 0.870. The molecular formula is C50H33NO. The zero-order valence-electron chi connectivity index (χ0n) is 28.4. The third-order valence-electron chi connectivity index (χ3n) is 10.2. The van der Waals surface area contributed by atoms with Crippen molar-refractivity contribution in [2.24, 2.45) is 0 Å². The van der Waals surface area contributed by atoms with Crippen molar-refractivity contribution in [1.82, 2.24) is 0 Å². The molecule has 0 saturated carbocycles. The predicted molar refractivity (Wildman–Crippen MR) is 220 cm³/mol. The fourth-order valence-corrected chi connectivity index (χ4v) is 7.78. The van der Waals surface area contributed by atoms with E-state index in [0.29, 0.717) is 0 Å². The lowest BCUT2D eigenvalue weighted by Crippen LogP contribution is -2.10. The number of hydrogen-bond acceptors (Lipinski definition) is 2. The van der Waals surface area contributed by atoms with Crippen molar-refractivity contribution in [2.45, 2.75) is 0 Å². The minimum Gasteiger partial charge on any atom is -0.456 e. The third kappa shape index (κ3) is 5.12. The van der Waals surface area contributed by atoms with Gasteiger partial charge in [0.1, 0.15) is 11.2 Å². The van der Waals surface area contributed by atoms with Gasteiger partial charge in [-0.15, -0.1) is 0 Å². The first-order valence-electron chi connectivity index (χ1n) is 17.8. The maximum absolute atomic E-state index is 6.39. The van der Waals surface area contributed by atoms with Crippen LogP contribution in [0.2, 0.25) is 0 Å². The fourth-order valence-electron chi connectivity index (χ4n) is 7.78. The summed E-state index contributed by atoms with van der Waals surface area (Å²) in [4.78, 5) is 2.37. The number of fused-ring (bicyclic) bond motifs is 5. The Hall–Kier alpha value is -6.90. The lowest BCUT2D eigenvalue weighted by Gasteiger charge is -2.27. The number of rotatable bonds is 6. The van der Waals surface area contributed by atoms with Crippen LogP contribution < -0.4 is 4.90 Å². The van der Waals surface area contributed by atoms with Crippen LogP contribution in [-0.2, 0) is 0 Å². The van der Waals surface area contributed by atoms with Crippen molar-refractivity contribution in [1.29, 1.82) is 0 Å². The van der Waals surface area contributed by atoms with E-state index in [1.165, 1.54) is 49.4 Å². The van der Waals surface area contributed by atoms with Crippen molar-refractivity contribution in [3.05, 3.63) is 200 Å². The molecule has 2 heteroatoms. The first kappa shape index (κ1) is 30.0. The van der Waals surface area contributed by atoms with Crippen molar-refractivity contribution >= 4 is 60.5 Å². The van der Waals surface area contributed by atoms with Crippen LogP contribution in [0.15, 0.2) is 205 Å². The van der Waals surface area contributed by atoms with Gasteiger partial charge in [0.15, 0.2) is 0 Å². The minimum absolute atomic E-state index is 0.870. The zero-order valence-corrected chi connectivity index (χ0v) is 28.4. The quantitative estimate of drug-likeness (QED) is 0.176. The van der Waals surface area contributed by atoms with E-state index >= 15 is 0 Å². The molecule has 0 unspecified atom stereocenters. The van der Waals surface area contributed by atoms with E-state index in [1.807, 2.05) is 12.1 Å². The lowest BCUT2D eigenvalue weighted by molar-refractivity contribution is 0.669. The Balaban J connectivity index is 1.15. The second kappa shape index (κ2) is 12.5. The molecule has 0 atom stereocenters. The summed E-state index contributed by atoms with van der Waals surface area (Å²) in [6, 6.07) is 71.7. The van der Waals surface area contributed by atoms with E-state index in [9.17, 15) is 0 Å². The van der Waals surface area contributed by atoms with Crippen LogP contribution in [-0.4, -0.2) is 0 Å². The molecule has 9 aromatic carbocycles. The summed E-state index contributed by atoms with van der Waals surface area (Å²) in [6.45, 7) is 0. The van der Waals surface area contributed by atoms with Crippen LogP contribution in [0.25, 0.3) is 76.9 Å². The SMILES string of the molecule is c1ccc(-c2c(-c3ccc(N(c4cccc(-c5ccc6ccccc6c5)c4)c4cccc5oc6ccccc6c45)cc3)ccc3ccccc23)cc1. The molecule has 1 aromatic heterocycles. The molecule has 0 aliphatic heterocycles. The van der Waals surface area contributed by atoms with Gasteiger partial charge >= 0.3 is 0 Å². The van der Waals surface area contributed by atoms with E-state index in [-0.39, 0.29) is 0 Å². The van der Waals surface area contributed by atoms with Crippen molar-refractivity contribution in [3.63, 3.8) is 0 Å². The van der Waals surface area contributed by atoms with Crippen LogP contribution in [0, 0.1) is 0 Å². The normalized spacial score (nSPS) is 11.5. The highest BCUT2D eigenvalue weighted by atomic mass is 16.3. The number of benzene rings is 9. The Bertz CT molecular complexity index is 2900. The average Bonchev–Trinajstić information content (AvgIpc) is 3.61. The molecule has 52 heavy (non-hydrogen) atoms. The van der Waals surface area contributed by atoms with Gasteiger partial charge in [0.25, 0.3) is 0 Å².